The molecule has 0 aliphatic carbocycles. The summed E-state index contributed by atoms with van der Waals surface area (Å²) in [5.74, 6) is 2.21. The quantitative estimate of drug-likeness (QED) is 0.118. The Morgan fingerprint density at radius 3 is 1.83 bits per heavy atom. The van der Waals surface area contributed by atoms with Gasteiger partial charge < -0.3 is 13.9 Å². The highest BCUT2D eigenvalue weighted by atomic mass is 16.5. The number of hydrogen-bond acceptors (Lipinski definition) is 2. The Labute approximate surface area is 384 Å². The third-order valence-electron chi connectivity index (χ3n) is 12.8. The van der Waals surface area contributed by atoms with E-state index in [9.17, 15) is 0 Å². The molecule has 0 saturated heterocycles. The maximum atomic E-state index is 6.72. The number of nitrogens with zero attached hydrogens (tertiary/aromatic N) is 4. The first-order chi connectivity index (χ1) is 31.1. The molecular weight excluding hydrogens is 793 g/mol. The van der Waals surface area contributed by atoms with E-state index < -0.39 is 0 Å². The topological polar surface area (TPSA) is 33.9 Å². The Kier molecular flexibility index (Phi) is 10.2. The molecule has 5 heteroatoms. The molecule has 1 unspecified atom stereocenters. The van der Waals surface area contributed by atoms with Gasteiger partial charge in [-0.1, -0.05) is 165 Å². The van der Waals surface area contributed by atoms with Gasteiger partial charge in [0.2, 0.25) is 0 Å². The summed E-state index contributed by atoms with van der Waals surface area (Å²) in [5.41, 5.74) is 14.0. The fourth-order valence-electron chi connectivity index (χ4n) is 9.16. The summed E-state index contributed by atoms with van der Waals surface area (Å²) in [4.78, 5) is 4.88. The zero-order valence-corrected chi connectivity index (χ0v) is 38.9. The van der Waals surface area contributed by atoms with Crippen LogP contribution in [0, 0.1) is 6.20 Å². The predicted octanol–water partition coefficient (Wildman–Crippen LogP) is 14.7. The largest absolute Gasteiger partial charge is 0.477 e. The van der Waals surface area contributed by atoms with Gasteiger partial charge in [0.25, 0.3) is 0 Å². The fourth-order valence-corrected chi connectivity index (χ4v) is 9.16. The predicted molar refractivity (Wildman–Crippen MR) is 269 cm³/mol. The van der Waals surface area contributed by atoms with Crippen LogP contribution in [0.1, 0.15) is 90.6 Å². The first-order valence-electron chi connectivity index (χ1n) is 22.7. The molecule has 6 aromatic carbocycles. The van der Waals surface area contributed by atoms with Crippen LogP contribution in [0.15, 0.2) is 170 Å². The summed E-state index contributed by atoms with van der Waals surface area (Å²) in [6.45, 7) is 20.3. The number of ether oxygens (including phenoxy) is 1. The van der Waals surface area contributed by atoms with Crippen molar-refractivity contribution >= 4 is 39.4 Å². The Morgan fingerprint density at radius 2 is 1.17 bits per heavy atom. The summed E-state index contributed by atoms with van der Waals surface area (Å²) in [6, 6.07) is 56.4. The van der Waals surface area contributed by atoms with E-state index >= 15 is 0 Å². The van der Waals surface area contributed by atoms with Gasteiger partial charge in [-0.25, -0.2) is 4.98 Å². The second-order valence-electron chi connectivity index (χ2n) is 20.5. The molecule has 5 nitrogen and oxygen atoms in total. The van der Waals surface area contributed by atoms with Gasteiger partial charge in [0.05, 0.1) is 23.0 Å². The van der Waals surface area contributed by atoms with E-state index in [1.807, 2.05) is 18.3 Å². The molecule has 3 aromatic heterocycles. The van der Waals surface area contributed by atoms with E-state index in [4.69, 9.17) is 9.72 Å². The maximum Gasteiger partial charge on any atom is 0.191 e. The summed E-state index contributed by atoms with van der Waals surface area (Å²) in [5, 5.41) is 2.31. The van der Waals surface area contributed by atoms with Crippen molar-refractivity contribution in [1.82, 2.24) is 14.1 Å². The highest BCUT2D eigenvalue weighted by Crippen LogP contribution is 2.45. The van der Waals surface area contributed by atoms with Crippen molar-refractivity contribution in [2.45, 2.75) is 84.6 Å². The Balaban J connectivity index is 1.07. The Hall–Kier alpha value is -7.11. The highest BCUT2D eigenvalue weighted by molar-refractivity contribution is 6.09. The molecule has 1 aliphatic heterocycles. The van der Waals surface area contributed by atoms with Gasteiger partial charge >= 0.3 is 0 Å². The van der Waals surface area contributed by atoms with Gasteiger partial charge in [-0.05, 0) is 91.6 Å². The third-order valence-corrected chi connectivity index (χ3v) is 12.8. The van der Waals surface area contributed by atoms with Crippen LogP contribution >= 0.6 is 0 Å². The molecule has 0 saturated carbocycles. The van der Waals surface area contributed by atoms with Crippen molar-refractivity contribution in [3.63, 3.8) is 0 Å². The SMILES string of the molecule is CC(C)(C)c1ccc(-c2cccc(-c3ccc(C(C)(C)C)cc3)c2[N+]2=[C-]C([n+]3[c-]c(Oc4ccc5c6ccccc6n(-c6cc(C(C)(C)C)ccn6)c5c4)ccc3)c3ccccc32)cc1. The summed E-state index contributed by atoms with van der Waals surface area (Å²) in [6.07, 6.45) is 11.5. The van der Waals surface area contributed by atoms with Crippen molar-refractivity contribution in [3.05, 3.63) is 199 Å². The molecule has 65 heavy (non-hydrogen) atoms. The van der Waals surface area contributed by atoms with E-state index in [1.165, 1.54) is 22.1 Å². The summed E-state index contributed by atoms with van der Waals surface area (Å²) >= 11 is 0. The van der Waals surface area contributed by atoms with Crippen molar-refractivity contribution in [2.24, 2.45) is 0 Å². The molecule has 0 spiro atoms. The standard InChI is InChI=1S/C60H56N4O/c1-58(2,3)42-27-23-40(24-28-42)47-19-14-20-48(41-25-29-43(30-26-41)59(4,5)6)57(47)63-39-55(51-18-11-12-21-52(51)63)62-35-15-16-46(38-62)65-45-31-32-50-49-17-10-13-22-53(49)64(54(50)37-45)56-36-44(33-34-61-56)60(7,8)9/h10-37,55H,1-9H3. The molecule has 1 aliphatic rings. The molecule has 0 N–H and O–H groups in total. The zero-order chi connectivity index (χ0) is 45.3. The number of para-hydroxylation sites is 3. The van der Waals surface area contributed by atoms with Crippen LogP contribution in [0.25, 0.3) is 49.9 Å². The van der Waals surface area contributed by atoms with Crippen LogP contribution in [-0.4, -0.2) is 15.8 Å². The molecule has 10 rings (SSSR count). The first kappa shape index (κ1) is 41.9. The van der Waals surface area contributed by atoms with Crippen LogP contribution in [0.5, 0.6) is 11.5 Å². The van der Waals surface area contributed by atoms with E-state index in [0.717, 1.165) is 67.2 Å². The minimum atomic E-state index is -0.270. The lowest BCUT2D eigenvalue weighted by Crippen LogP contribution is -2.40. The third kappa shape index (κ3) is 7.84. The fraction of sp³-hybridized carbons (Fsp3) is 0.217. The van der Waals surface area contributed by atoms with Crippen LogP contribution < -0.4 is 13.9 Å². The van der Waals surface area contributed by atoms with Gasteiger partial charge in [-0.15, -0.1) is 12.1 Å². The molecular formula is C60H56N4O. The average Bonchev–Trinajstić information content (AvgIpc) is 3.84. The lowest BCUT2D eigenvalue weighted by atomic mass is 9.85. The molecule has 4 heterocycles. The van der Waals surface area contributed by atoms with E-state index in [1.54, 1.807) is 0 Å². The second-order valence-corrected chi connectivity index (χ2v) is 20.5. The van der Waals surface area contributed by atoms with Crippen molar-refractivity contribution in [2.75, 3.05) is 0 Å². The van der Waals surface area contributed by atoms with Crippen LogP contribution in [0.3, 0.4) is 0 Å². The smallest absolute Gasteiger partial charge is 0.191 e. The number of fused-ring (bicyclic) bond motifs is 4. The normalized spacial score (nSPS) is 14.2. The van der Waals surface area contributed by atoms with Crippen LogP contribution in [-0.2, 0) is 16.2 Å². The monoisotopic (exact) mass is 848 g/mol. The van der Waals surface area contributed by atoms with Gasteiger partial charge in [0.15, 0.2) is 18.5 Å². The van der Waals surface area contributed by atoms with Crippen molar-refractivity contribution < 1.29 is 9.30 Å². The van der Waals surface area contributed by atoms with E-state index in [-0.39, 0.29) is 22.3 Å². The number of pyridine rings is 2. The molecule has 9 aromatic rings. The van der Waals surface area contributed by atoms with Crippen LogP contribution in [0.4, 0.5) is 11.4 Å². The van der Waals surface area contributed by atoms with Crippen LogP contribution in [0.2, 0.25) is 0 Å². The lowest BCUT2D eigenvalue weighted by molar-refractivity contribution is -0.700. The lowest BCUT2D eigenvalue weighted by Gasteiger charge is -2.22. The maximum absolute atomic E-state index is 6.72. The minimum absolute atomic E-state index is 0.0165. The van der Waals surface area contributed by atoms with Crippen molar-refractivity contribution in [3.8, 4) is 39.6 Å². The Bertz CT molecular complexity index is 3200. The van der Waals surface area contributed by atoms with Gasteiger partial charge in [-0.2, -0.15) is 0 Å². The molecule has 322 valence electrons. The van der Waals surface area contributed by atoms with E-state index in [0.29, 0.717) is 5.75 Å². The van der Waals surface area contributed by atoms with E-state index in [2.05, 4.69) is 240 Å². The number of benzene rings is 6. The highest BCUT2D eigenvalue weighted by Gasteiger charge is 2.32. The molecule has 0 bridgehead atoms. The molecule has 0 radical (unpaired) electrons. The average molecular weight is 849 g/mol. The minimum Gasteiger partial charge on any atom is -0.477 e. The van der Waals surface area contributed by atoms with Gasteiger partial charge in [-0.3, -0.25) is 4.57 Å². The molecule has 1 atom stereocenters. The Morgan fingerprint density at radius 1 is 0.554 bits per heavy atom. The summed E-state index contributed by atoms with van der Waals surface area (Å²) in [7, 11) is 0. The second kappa shape index (κ2) is 15.8. The molecule has 0 amide bonds. The van der Waals surface area contributed by atoms with Gasteiger partial charge in [0.1, 0.15) is 22.9 Å². The first-order valence-corrected chi connectivity index (χ1v) is 22.7. The zero-order valence-electron chi connectivity index (χ0n) is 38.9. The molecule has 0 fully saturated rings. The van der Waals surface area contributed by atoms with Gasteiger partial charge in [0, 0.05) is 28.6 Å². The number of hydrogen-bond donors (Lipinski definition) is 0. The van der Waals surface area contributed by atoms with Crippen molar-refractivity contribution in [1.29, 1.82) is 0 Å². The number of aromatic nitrogens is 3. The summed E-state index contributed by atoms with van der Waals surface area (Å²) < 4.78 is 13.3. The number of rotatable bonds is 7.